The van der Waals surface area contributed by atoms with Gasteiger partial charge in [0.2, 0.25) is 9.84 Å². The number of hydrogen-bond acceptors (Lipinski definition) is 4. The zero-order valence-corrected chi connectivity index (χ0v) is 15.4. The maximum absolute atomic E-state index is 13.4. The summed E-state index contributed by atoms with van der Waals surface area (Å²) < 4.78 is 26.8. The SMILES string of the molecule is O=S1(=O)c2c(-c3ccccc3)csc2-c2scc(-c3ccccc3)c21. The van der Waals surface area contributed by atoms with Gasteiger partial charge in [-0.25, -0.2) is 8.42 Å². The van der Waals surface area contributed by atoms with E-state index in [0.29, 0.717) is 9.79 Å². The number of sulfone groups is 1. The monoisotopic (exact) mass is 380 g/mol. The van der Waals surface area contributed by atoms with Crippen LogP contribution in [0.2, 0.25) is 0 Å². The molecule has 0 amide bonds. The second-order valence-electron chi connectivity index (χ2n) is 5.85. The van der Waals surface area contributed by atoms with Crippen LogP contribution in [-0.2, 0) is 9.84 Å². The second kappa shape index (κ2) is 5.39. The Balaban J connectivity index is 1.77. The molecule has 2 nitrogen and oxygen atoms in total. The molecule has 0 saturated carbocycles. The van der Waals surface area contributed by atoms with Crippen molar-refractivity contribution in [1.29, 1.82) is 0 Å². The number of hydrogen-bond donors (Lipinski definition) is 0. The average Bonchev–Trinajstić information content (AvgIpc) is 3.32. The largest absolute Gasteiger partial charge is 0.218 e. The molecular formula is C20H12O2S3. The molecule has 2 aromatic carbocycles. The van der Waals surface area contributed by atoms with Crippen LogP contribution >= 0.6 is 22.7 Å². The van der Waals surface area contributed by atoms with Crippen molar-refractivity contribution >= 4 is 32.5 Å². The van der Waals surface area contributed by atoms with Crippen molar-refractivity contribution in [3.8, 4) is 32.0 Å². The van der Waals surface area contributed by atoms with Crippen molar-refractivity contribution in [2.45, 2.75) is 9.79 Å². The zero-order valence-electron chi connectivity index (χ0n) is 13.0. The molecule has 4 aromatic rings. The summed E-state index contributed by atoms with van der Waals surface area (Å²) in [6, 6.07) is 19.5. The van der Waals surface area contributed by atoms with Crippen molar-refractivity contribution in [3.63, 3.8) is 0 Å². The first-order valence-corrected chi connectivity index (χ1v) is 11.0. The maximum atomic E-state index is 13.4. The topological polar surface area (TPSA) is 34.1 Å². The van der Waals surface area contributed by atoms with Crippen LogP contribution in [0.15, 0.2) is 81.2 Å². The molecular weight excluding hydrogens is 368 g/mol. The zero-order chi connectivity index (χ0) is 17.0. The van der Waals surface area contributed by atoms with E-state index >= 15 is 0 Å². The van der Waals surface area contributed by atoms with Crippen LogP contribution in [0.3, 0.4) is 0 Å². The van der Waals surface area contributed by atoms with Crippen LogP contribution in [0.25, 0.3) is 32.0 Å². The van der Waals surface area contributed by atoms with Gasteiger partial charge in [0.1, 0.15) is 0 Å². The minimum Gasteiger partial charge on any atom is -0.218 e. The fourth-order valence-electron chi connectivity index (χ4n) is 3.28. The summed E-state index contributed by atoms with van der Waals surface area (Å²) in [4.78, 5) is 2.70. The lowest BCUT2D eigenvalue weighted by Gasteiger charge is -2.05. The molecule has 0 atom stereocenters. The van der Waals surface area contributed by atoms with Gasteiger partial charge in [0.25, 0.3) is 0 Å². The first kappa shape index (κ1) is 15.1. The minimum atomic E-state index is -3.52. The Labute approximate surface area is 154 Å². The number of benzene rings is 2. The van der Waals surface area contributed by atoms with E-state index in [9.17, 15) is 8.42 Å². The van der Waals surface area contributed by atoms with Crippen molar-refractivity contribution in [2.24, 2.45) is 0 Å². The normalized spacial score (nSPS) is 14.2. The molecule has 25 heavy (non-hydrogen) atoms. The predicted octanol–water partition coefficient (Wildman–Crippen LogP) is 5.96. The summed E-state index contributed by atoms with van der Waals surface area (Å²) in [5, 5.41) is 3.92. The highest BCUT2D eigenvalue weighted by atomic mass is 32.2. The van der Waals surface area contributed by atoms with Gasteiger partial charge in [0.15, 0.2) is 0 Å². The van der Waals surface area contributed by atoms with Crippen LogP contribution in [0.1, 0.15) is 0 Å². The molecule has 0 aliphatic carbocycles. The van der Waals surface area contributed by atoms with E-state index < -0.39 is 9.84 Å². The van der Waals surface area contributed by atoms with Crippen LogP contribution in [0, 0.1) is 0 Å². The molecule has 0 unspecified atom stereocenters. The summed E-state index contributed by atoms with van der Waals surface area (Å²) >= 11 is 3.04. The second-order valence-corrected chi connectivity index (χ2v) is 9.43. The fourth-order valence-corrected chi connectivity index (χ4v) is 8.45. The molecule has 1 aliphatic heterocycles. The third-order valence-electron chi connectivity index (χ3n) is 4.40. The van der Waals surface area contributed by atoms with Crippen LogP contribution in [0.4, 0.5) is 0 Å². The molecule has 0 spiro atoms. The molecule has 0 bridgehead atoms. The van der Waals surface area contributed by atoms with Crippen LogP contribution in [-0.4, -0.2) is 8.42 Å². The average molecular weight is 381 g/mol. The number of fused-ring (bicyclic) bond motifs is 3. The predicted molar refractivity (Wildman–Crippen MR) is 104 cm³/mol. The fraction of sp³-hybridized carbons (Fsp3) is 0. The number of rotatable bonds is 2. The lowest BCUT2D eigenvalue weighted by molar-refractivity contribution is 0.599. The first-order chi connectivity index (χ1) is 12.2. The lowest BCUT2D eigenvalue weighted by Crippen LogP contribution is -1.99. The molecule has 5 rings (SSSR count). The molecule has 0 radical (unpaired) electrons. The molecule has 2 aromatic heterocycles. The Kier molecular flexibility index (Phi) is 3.25. The lowest BCUT2D eigenvalue weighted by atomic mass is 10.1. The van der Waals surface area contributed by atoms with E-state index in [1.807, 2.05) is 71.4 Å². The molecule has 122 valence electrons. The Bertz CT molecular complexity index is 1090. The van der Waals surface area contributed by atoms with Gasteiger partial charge in [0, 0.05) is 21.9 Å². The van der Waals surface area contributed by atoms with Gasteiger partial charge in [-0.15, -0.1) is 22.7 Å². The Morgan fingerprint density at radius 2 is 1.00 bits per heavy atom. The van der Waals surface area contributed by atoms with E-state index in [0.717, 1.165) is 32.0 Å². The van der Waals surface area contributed by atoms with Crippen molar-refractivity contribution in [3.05, 3.63) is 71.4 Å². The van der Waals surface area contributed by atoms with Gasteiger partial charge < -0.3 is 0 Å². The summed E-state index contributed by atoms with van der Waals surface area (Å²) in [5.41, 5.74) is 3.51. The van der Waals surface area contributed by atoms with Crippen LogP contribution in [0.5, 0.6) is 0 Å². The van der Waals surface area contributed by atoms with Crippen molar-refractivity contribution in [1.82, 2.24) is 0 Å². The van der Waals surface area contributed by atoms with Gasteiger partial charge in [0.05, 0.1) is 19.5 Å². The quantitative estimate of drug-likeness (QED) is 0.379. The molecule has 0 fully saturated rings. The first-order valence-electron chi connectivity index (χ1n) is 7.77. The molecule has 0 saturated heterocycles. The standard InChI is InChI=1S/C20H12O2S3/c21-25(22)19-15(13-7-3-1-4-8-13)11-23-17(19)18-20(25)16(12-24-18)14-9-5-2-6-10-14/h1-12H. The van der Waals surface area contributed by atoms with Gasteiger partial charge in [-0.05, 0) is 11.1 Å². The van der Waals surface area contributed by atoms with Gasteiger partial charge in [-0.3, -0.25) is 0 Å². The van der Waals surface area contributed by atoms with E-state index in [-0.39, 0.29) is 0 Å². The Morgan fingerprint density at radius 1 is 0.600 bits per heavy atom. The van der Waals surface area contributed by atoms with Crippen molar-refractivity contribution < 1.29 is 8.42 Å². The van der Waals surface area contributed by atoms with E-state index in [1.165, 1.54) is 22.7 Å². The summed E-state index contributed by atoms with van der Waals surface area (Å²) in [6.45, 7) is 0. The van der Waals surface area contributed by atoms with E-state index in [2.05, 4.69) is 0 Å². The third kappa shape index (κ3) is 2.10. The Hall–Kier alpha value is -2.21. The van der Waals surface area contributed by atoms with E-state index in [4.69, 9.17) is 0 Å². The molecule has 3 heterocycles. The third-order valence-corrected chi connectivity index (χ3v) is 8.71. The van der Waals surface area contributed by atoms with Gasteiger partial charge in [-0.2, -0.15) is 0 Å². The van der Waals surface area contributed by atoms with Crippen LogP contribution < -0.4 is 0 Å². The minimum absolute atomic E-state index is 0.475. The van der Waals surface area contributed by atoms with Gasteiger partial charge in [-0.1, -0.05) is 60.7 Å². The molecule has 5 heteroatoms. The summed E-state index contributed by atoms with van der Waals surface area (Å²) in [6.07, 6.45) is 0. The number of thiophene rings is 2. The summed E-state index contributed by atoms with van der Waals surface area (Å²) in [5.74, 6) is 0. The van der Waals surface area contributed by atoms with E-state index in [1.54, 1.807) is 0 Å². The molecule has 1 aliphatic rings. The maximum Gasteiger partial charge on any atom is 0.210 e. The highest BCUT2D eigenvalue weighted by Gasteiger charge is 2.40. The highest BCUT2D eigenvalue weighted by molar-refractivity contribution is 7.93. The summed E-state index contributed by atoms with van der Waals surface area (Å²) in [7, 11) is -3.52. The highest BCUT2D eigenvalue weighted by Crippen LogP contribution is 2.56. The van der Waals surface area contributed by atoms with Gasteiger partial charge >= 0.3 is 0 Å². The smallest absolute Gasteiger partial charge is 0.210 e. The Morgan fingerprint density at radius 3 is 1.40 bits per heavy atom. The van der Waals surface area contributed by atoms with Crippen molar-refractivity contribution in [2.75, 3.05) is 0 Å². The molecule has 0 N–H and O–H groups in total.